The molecule has 1 amide bonds. The molecule has 166 valence electrons. The molecule has 3 rings (SSSR count). The Morgan fingerprint density at radius 3 is 2.10 bits per heavy atom. The first-order chi connectivity index (χ1) is 15.0. The van der Waals surface area contributed by atoms with Crippen LogP contribution in [0.3, 0.4) is 0 Å². The van der Waals surface area contributed by atoms with Gasteiger partial charge in [-0.1, -0.05) is 0 Å². The predicted octanol–water partition coefficient (Wildman–Crippen LogP) is 3.50. The third-order valence-corrected chi connectivity index (χ3v) is 5.13. The number of amides is 1. The Balaban J connectivity index is 1.57. The zero-order chi connectivity index (χ0) is 22.2. The van der Waals surface area contributed by atoms with Gasteiger partial charge in [0.15, 0.2) is 18.1 Å². The number of benzene rings is 2. The molecule has 0 spiro atoms. The molecule has 0 aromatic heterocycles. The summed E-state index contributed by atoms with van der Waals surface area (Å²) in [5.74, 6) is -0.0987. The standard InChI is InChI=1S/C23H28N2O6/c1-28-19-14-21(30-3)20(29-2)13-18(19)23(27)31-15-22(26)24-16-7-9-17(10-8-16)25-11-5-4-6-12-25/h7-10,13-14H,4-6,11-12,15H2,1-3H3,(H,24,26). The maximum Gasteiger partial charge on any atom is 0.342 e. The maximum absolute atomic E-state index is 12.5. The quantitative estimate of drug-likeness (QED) is 0.644. The van der Waals surface area contributed by atoms with E-state index in [-0.39, 0.29) is 11.3 Å². The fourth-order valence-corrected chi connectivity index (χ4v) is 3.50. The second-order valence-corrected chi connectivity index (χ2v) is 7.13. The minimum atomic E-state index is -0.701. The lowest BCUT2D eigenvalue weighted by Gasteiger charge is -2.28. The van der Waals surface area contributed by atoms with E-state index in [9.17, 15) is 9.59 Å². The van der Waals surface area contributed by atoms with Gasteiger partial charge >= 0.3 is 5.97 Å². The lowest BCUT2D eigenvalue weighted by atomic mass is 10.1. The van der Waals surface area contributed by atoms with E-state index in [0.29, 0.717) is 17.2 Å². The number of rotatable bonds is 8. The Hall–Kier alpha value is -3.42. The molecule has 8 heteroatoms. The summed E-state index contributed by atoms with van der Waals surface area (Å²) >= 11 is 0. The van der Waals surface area contributed by atoms with Crippen LogP contribution in [0.5, 0.6) is 17.2 Å². The van der Waals surface area contributed by atoms with E-state index in [1.54, 1.807) is 0 Å². The van der Waals surface area contributed by atoms with Crippen LogP contribution >= 0.6 is 0 Å². The van der Waals surface area contributed by atoms with Crippen LogP contribution in [0, 0.1) is 0 Å². The molecular formula is C23H28N2O6. The van der Waals surface area contributed by atoms with Gasteiger partial charge in [0.2, 0.25) is 0 Å². The third kappa shape index (κ3) is 5.59. The summed E-state index contributed by atoms with van der Waals surface area (Å²) in [5.41, 5.74) is 1.93. The topological polar surface area (TPSA) is 86.3 Å². The molecule has 8 nitrogen and oxygen atoms in total. The van der Waals surface area contributed by atoms with Crippen molar-refractivity contribution >= 4 is 23.3 Å². The second kappa shape index (κ2) is 10.6. The van der Waals surface area contributed by atoms with E-state index in [2.05, 4.69) is 10.2 Å². The van der Waals surface area contributed by atoms with E-state index in [1.165, 1.54) is 52.7 Å². The van der Waals surface area contributed by atoms with Crippen LogP contribution in [0.1, 0.15) is 29.6 Å². The van der Waals surface area contributed by atoms with Crippen LogP contribution in [-0.4, -0.2) is 52.9 Å². The van der Waals surface area contributed by atoms with Crippen molar-refractivity contribution in [3.63, 3.8) is 0 Å². The summed E-state index contributed by atoms with van der Waals surface area (Å²) in [6.45, 7) is 1.69. The molecule has 1 saturated heterocycles. The van der Waals surface area contributed by atoms with Crippen molar-refractivity contribution in [2.75, 3.05) is 51.2 Å². The number of ether oxygens (including phenoxy) is 4. The summed E-state index contributed by atoms with van der Waals surface area (Å²) in [6.07, 6.45) is 3.68. The van der Waals surface area contributed by atoms with Crippen LogP contribution in [0.25, 0.3) is 0 Å². The van der Waals surface area contributed by atoms with Gasteiger partial charge in [-0.3, -0.25) is 4.79 Å². The molecule has 1 aliphatic heterocycles. The van der Waals surface area contributed by atoms with E-state index < -0.39 is 18.5 Å². The third-order valence-electron chi connectivity index (χ3n) is 5.13. The van der Waals surface area contributed by atoms with Gasteiger partial charge in [-0.25, -0.2) is 4.79 Å². The average Bonchev–Trinajstić information content (AvgIpc) is 2.82. The van der Waals surface area contributed by atoms with Gasteiger partial charge in [0, 0.05) is 36.6 Å². The average molecular weight is 428 g/mol. The molecule has 0 saturated carbocycles. The van der Waals surface area contributed by atoms with E-state index in [4.69, 9.17) is 18.9 Å². The number of esters is 1. The zero-order valence-corrected chi connectivity index (χ0v) is 18.1. The molecular weight excluding hydrogens is 400 g/mol. The monoisotopic (exact) mass is 428 g/mol. The van der Waals surface area contributed by atoms with E-state index in [0.717, 1.165) is 18.8 Å². The van der Waals surface area contributed by atoms with Crippen LogP contribution < -0.4 is 24.4 Å². The maximum atomic E-state index is 12.5. The van der Waals surface area contributed by atoms with Gasteiger partial charge in [0.05, 0.1) is 21.3 Å². The molecule has 0 unspecified atom stereocenters. The molecule has 1 fully saturated rings. The molecule has 2 aromatic rings. The van der Waals surface area contributed by atoms with Gasteiger partial charge in [-0.2, -0.15) is 0 Å². The van der Waals surface area contributed by atoms with Gasteiger partial charge in [0.1, 0.15) is 11.3 Å². The normalized spacial score (nSPS) is 13.3. The zero-order valence-electron chi connectivity index (χ0n) is 18.1. The van der Waals surface area contributed by atoms with Crippen LogP contribution in [-0.2, 0) is 9.53 Å². The van der Waals surface area contributed by atoms with Crippen molar-refractivity contribution in [2.24, 2.45) is 0 Å². The van der Waals surface area contributed by atoms with Crippen LogP contribution in [0.4, 0.5) is 11.4 Å². The second-order valence-electron chi connectivity index (χ2n) is 7.13. The number of piperidine rings is 1. The summed E-state index contributed by atoms with van der Waals surface area (Å²) in [4.78, 5) is 27.1. The fourth-order valence-electron chi connectivity index (χ4n) is 3.50. The highest BCUT2D eigenvalue weighted by Gasteiger charge is 2.20. The van der Waals surface area contributed by atoms with Crippen molar-refractivity contribution in [3.05, 3.63) is 42.0 Å². The number of methoxy groups -OCH3 is 3. The van der Waals surface area contributed by atoms with Crippen LogP contribution in [0.15, 0.2) is 36.4 Å². The number of hydrogen-bond acceptors (Lipinski definition) is 7. The Labute approximate surface area is 182 Å². The molecule has 1 N–H and O–H groups in total. The minimum Gasteiger partial charge on any atom is -0.496 e. The first-order valence-corrected chi connectivity index (χ1v) is 10.2. The molecule has 0 aliphatic carbocycles. The summed E-state index contributed by atoms with van der Waals surface area (Å²) in [7, 11) is 4.38. The first-order valence-electron chi connectivity index (χ1n) is 10.2. The fraction of sp³-hybridized carbons (Fsp3) is 0.391. The van der Waals surface area contributed by atoms with Gasteiger partial charge in [-0.05, 0) is 43.5 Å². The van der Waals surface area contributed by atoms with Gasteiger partial charge < -0.3 is 29.2 Å². The smallest absolute Gasteiger partial charge is 0.342 e. The number of hydrogen-bond donors (Lipinski definition) is 1. The number of carbonyl (C=O) groups is 2. The van der Waals surface area contributed by atoms with Crippen molar-refractivity contribution in [3.8, 4) is 17.2 Å². The highest BCUT2D eigenvalue weighted by atomic mass is 16.5. The summed E-state index contributed by atoms with van der Waals surface area (Å²) in [5, 5.41) is 2.74. The Morgan fingerprint density at radius 1 is 0.871 bits per heavy atom. The Kier molecular flexibility index (Phi) is 7.59. The number of anilines is 2. The van der Waals surface area contributed by atoms with Crippen molar-refractivity contribution in [2.45, 2.75) is 19.3 Å². The highest BCUT2D eigenvalue weighted by molar-refractivity contribution is 5.97. The number of carbonyl (C=O) groups excluding carboxylic acids is 2. The van der Waals surface area contributed by atoms with Crippen molar-refractivity contribution in [1.82, 2.24) is 0 Å². The summed E-state index contributed by atoms with van der Waals surface area (Å²) in [6, 6.07) is 10.7. The minimum absolute atomic E-state index is 0.138. The first kappa shape index (κ1) is 22.3. The van der Waals surface area contributed by atoms with Crippen molar-refractivity contribution < 1.29 is 28.5 Å². The lowest BCUT2D eigenvalue weighted by Crippen LogP contribution is -2.29. The molecule has 0 radical (unpaired) electrons. The Morgan fingerprint density at radius 2 is 1.48 bits per heavy atom. The number of nitrogens with one attached hydrogen (secondary N) is 1. The summed E-state index contributed by atoms with van der Waals surface area (Å²) < 4.78 is 20.8. The van der Waals surface area contributed by atoms with Crippen molar-refractivity contribution in [1.29, 1.82) is 0 Å². The molecule has 1 aliphatic rings. The molecule has 1 heterocycles. The highest BCUT2D eigenvalue weighted by Crippen LogP contribution is 2.35. The van der Waals surface area contributed by atoms with E-state index in [1.807, 2.05) is 24.3 Å². The molecule has 0 atom stereocenters. The van der Waals surface area contributed by atoms with Gasteiger partial charge in [-0.15, -0.1) is 0 Å². The Bertz CT molecular complexity index is 907. The number of nitrogens with zero attached hydrogens (tertiary/aromatic N) is 1. The molecule has 0 bridgehead atoms. The molecule has 2 aromatic carbocycles. The van der Waals surface area contributed by atoms with Crippen LogP contribution in [0.2, 0.25) is 0 Å². The largest absolute Gasteiger partial charge is 0.496 e. The SMILES string of the molecule is COc1cc(OC)c(C(=O)OCC(=O)Nc2ccc(N3CCCCC3)cc2)cc1OC. The van der Waals surface area contributed by atoms with E-state index >= 15 is 0 Å². The molecule has 31 heavy (non-hydrogen) atoms. The van der Waals surface area contributed by atoms with Gasteiger partial charge in [0.25, 0.3) is 5.91 Å². The lowest BCUT2D eigenvalue weighted by molar-refractivity contribution is -0.119. The predicted molar refractivity (Wildman–Crippen MR) is 118 cm³/mol.